The molecule has 1 atom stereocenters. The van der Waals surface area contributed by atoms with Crippen LogP contribution in [-0.2, 0) is 4.79 Å². The third-order valence-corrected chi connectivity index (χ3v) is 2.77. The summed E-state index contributed by atoms with van der Waals surface area (Å²) in [5.41, 5.74) is 2.20. The molecule has 0 spiro atoms. The van der Waals surface area contributed by atoms with Crippen molar-refractivity contribution >= 4 is 11.9 Å². The van der Waals surface area contributed by atoms with Gasteiger partial charge in [0.25, 0.3) is 0 Å². The van der Waals surface area contributed by atoms with Crippen LogP contribution >= 0.6 is 0 Å². The first kappa shape index (κ1) is 10.8. The number of hydrazine groups is 1. The van der Waals surface area contributed by atoms with Gasteiger partial charge in [0.1, 0.15) is 0 Å². The van der Waals surface area contributed by atoms with Crippen molar-refractivity contribution in [2.45, 2.75) is 12.8 Å². The minimum absolute atomic E-state index is 0.0671. The molecule has 6 heteroatoms. The van der Waals surface area contributed by atoms with Crippen LogP contribution < -0.4 is 16.2 Å². The zero-order chi connectivity index (χ0) is 11.4. The van der Waals surface area contributed by atoms with Crippen molar-refractivity contribution in [2.75, 3.05) is 18.0 Å². The first-order valence-corrected chi connectivity index (χ1v) is 5.33. The summed E-state index contributed by atoms with van der Waals surface area (Å²) in [5.74, 6) is 5.64. The number of amides is 1. The Labute approximate surface area is 93.8 Å². The number of piperidine rings is 1. The van der Waals surface area contributed by atoms with Gasteiger partial charge in [-0.3, -0.25) is 10.2 Å². The van der Waals surface area contributed by atoms with Gasteiger partial charge in [-0.2, -0.15) is 0 Å². The fraction of sp³-hybridized carbons (Fsp3) is 0.500. The fourth-order valence-corrected chi connectivity index (χ4v) is 1.95. The van der Waals surface area contributed by atoms with Gasteiger partial charge in [-0.25, -0.2) is 15.8 Å². The Morgan fingerprint density at radius 2 is 2.25 bits per heavy atom. The van der Waals surface area contributed by atoms with Crippen molar-refractivity contribution < 1.29 is 4.79 Å². The molecule has 1 amide bonds. The number of rotatable bonds is 2. The second kappa shape index (κ2) is 4.89. The summed E-state index contributed by atoms with van der Waals surface area (Å²) in [6.45, 7) is 1.52. The lowest BCUT2D eigenvalue weighted by molar-refractivity contribution is -0.125. The molecule has 1 aromatic heterocycles. The number of hydrogen-bond donors (Lipinski definition) is 2. The lowest BCUT2D eigenvalue weighted by atomic mass is 9.98. The van der Waals surface area contributed by atoms with E-state index in [1.165, 1.54) is 0 Å². The maximum absolute atomic E-state index is 11.4. The molecular weight excluding hydrogens is 206 g/mol. The molecule has 3 N–H and O–H groups in total. The van der Waals surface area contributed by atoms with E-state index in [1.54, 1.807) is 18.5 Å². The second-order valence-corrected chi connectivity index (χ2v) is 3.84. The monoisotopic (exact) mass is 221 g/mol. The first-order chi connectivity index (χ1) is 7.81. The summed E-state index contributed by atoms with van der Waals surface area (Å²) in [6, 6.07) is 1.78. The molecule has 2 heterocycles. The largest absolute Gasteiger partial charge is 0.340 e. The zero-order valence-electron chi connectivity index (χ0n) is 8.97. The molecule has 0 saturated carbocycles. The van der Waals surface area contributed by atoms with Crippen molar-refractivity contribution in [1.82, 2.24) is 15.4 Å². The first-order valence-electron chi connectivity index (χ1n) is 5.33. The summed E-state index contributed by atoms with van der Waals surface area (Å²) in [6.07, 6.45) is 5.23. The molecule has 6 nitrogen and oxygen atoms in total. The van der Waals surface area contributed by atoms with Crippen LogP contribution in [0.4, 0.5) is 5.95 Å². The number of carbonyl (C=O) groups is 1. The van der Waals surface area contributed by atoms with Crippen LogP contribution in [-0.4, -0.2) is 29.0 Å². The van der Waals surface area contributed by atoms with E-state index in [9.17, 15) is 4.79 Å². The predicted octanol–water partition coefficient (Wildman–Crippen LogP) is -0.317. The number of nitrogens with zero attached hydrogens (tertiary/aromatic N) is 3. The third-order valence-electron chi connectivity index (χ3n) is 2.77. The summed E-state index contributed by atoms with van der Waals surface area (Å²) in [5, 5.41) is 0. The molecule has 1 aromatic rings. The molecule has 86 valence electrons. The van der Waals surface area contributed by atoms with Gasteiger partial charge >= 0.3 is 0 Å². The lowest BCUT2D eigenvalue weighted by Gasteiger charge is -2.31. The van der Waals surface area contributed by atoms with E-state index in [-0.39, 0.29) is 11.8 Å². The van der Waals surface area contributed by atoms with Gasteiger partial charge in [-0.1, -0.05) is 0 Å². The molecule has 16 heavy (non-hydrogen) atoms. The Balaban J connectivity index is 2.05. The minimum Gasteiger partial charge on any atom is -0.340 e. The summed E-state index contributed by atoms with van der Waals surface area (Å²) in [7, 11) is 0. The fourth-order valence-electron chi connectivity index (χ4n) is 1.95. The van der Waals surface area contributed by atoms with E-state index in [0.717, 1.165) is 19.4 Å². The zero-order valence-corrected chi connectivity index (χ0v) is 8.97. The normalized spacial score (nSPS) is 20.6. The molecule has 1 fully saturated rings. The Hall–Kier alpha value is -1.69. The van der Waals surface area contributed by atoms with Gasteiger partial charge < -0.3 is 4.90 Å². The predicted molar refractivity (Wildman–Crippen MR) is 59.3 cm³/mol. The Morgan fingerprint density at radius 3 is 2.94 bits per heavy atom. The van der Waals surface area contributed by atoms with Gasteiger partial charge in [0.05, 0.1) is 5.92 Å². The van der Waals surface area contributed by atoms with Crippen LogP contribution in [0.25, 0.3) is 0 Å². The lowest BCUT2D eigenvalue weighted by Crippen LogP contribution is -2.45. The van der Waals surface area contributed by atoms with E-state index < -0.39 is 0 Å². The van der Waals surface area contributed by atoms with Crippen LogP contribution in [0.3, 0.4) is 0 Å². The quantitative estimate of drug-likeness (QED) is 0.406. The number of nitrogens with one attached hydrogen (secondary N) is 1. The van der Waals surface area contributed by atoms with Crippen molar-refractivity contribution in [3.63, 3.8) is 0 Å². The molecule has 1 saturated heterocycles. The Morgan fingerprint density at radius 1 is 1.50 bits per heavy atom. The number of nitrogens with two attached hydrogens (primary N) is 1. The van der Waals surface area contributed by atoms with Gasteiger partial charge in [-0.05, 0) is 18.9 Å². The highest BCUT2D eigenvalue weighted by Crippen LogP contribution is 2.19. The van der Waals surface area contributed by atoms with E-state index in [2.05, 4.69) is 15.4 Å². The Kier molecular flexibility index (Phi) is 3.31. The van der Waals surface area contributed by atoms with Crippen LogP contribution in [0.2, 0.25) is 0 Å². The SMILES string of the molecule is NNC(=O)[C@@H]1CCCN(c2ncccn2)C1. The molecule has 0 unspecified atom stereocenters. The smallest absolute Gasteiger partial charge is 0.238 e. The molecule has 1 aliphatic rings. The van der Waals surface area contributed by atoms with Gasteiger partial charge in [0.2, 0.25) is 11.9 Å². The van der Waals surface area contributed by atoms with Crippen molar-refractivity contribution in [3.8, 4) is 0 Å². The molecule has 0 aliphatic carbocycles. The second-order valence-electron chi connectivity index (χ2n) is 3.84. The van der Waals surface area contributed by atoms with Crippen molar-refractivity contribution in [1.29, 1.82) is 0 Å². The number of hydrogen-bond acceptors (Lipinski definition) is 5. The average molecular weight is 221 g/mol. The maximum atomic E-state index is 11.4. The average Bonchev–Trinajstić information content (AvgIpc) is 2.39. The van der Waals surface area contributed by atoms with Crippen LogP contribution in [0.15, 0.2) is 18.5 Å². The highest BCUT2D eigenvalue weighted by molar-refractivity contribution is 5.78. The highest BCUT2D eigenvalue weighted by Gasteiger charge is 2.26. The van der Waals surface area contributed by atoms with Crippen molar-refractivity contribution in [2.24, 2.45) is 11.8 Å². The van der Waals surface area contributed by atoms with Gasteiger partial charge in [0, 0.05) is 25.5 Å². The molecular formula is C10H15N5O. The topological polar surface area (TPSA) is 84.1 Å². The summed E-state index contributed by atoms with van der Waals surface area (Å²) in [4.78, 5) is 21.8. The number of anilines is 1. The van der Waals surface area contributed by atoms with Crippen LogP contribution in [0.5, 0.6) is 0 Å². The maximum Gasteiger partial charge on any atom is 0.238 e. The van der Waals surface area contributed by atoms with E-state index in [1.807, 2.05) is 4.90 Å². The number of aromatic nitrogens is 2. The standard InChI is InChI=1S/C10H15N5O/c11-14-9(16)8-3-1-6-15(7-8)10-12-4-2-5-13-10/h2,4-5,8H,1,3,6-7,11H2,(H,14,16)/t8-/m1/s1. The molecule has 0 radical (unpaired) electrons. The van der Waals surface area contributed by atoms with Gasteiger partial charge in [0.15, 0.2) is 0 Å². The molecule has 1 aliphatic heterocycles. The Bertz CT molecular complexity index is 355. The van der Waals surface area contributed by atoms with Gasteiger partial charge in [-0.15, -0.1) is 0 Å². The highest BCUT2D eigenvalue weighted by atomic mass is 16.2. The molecule has 0 bridgehead atoms. The number of carbonyl (C=O) groups excluding carboxylic acids is 1. The molecule has 2 rings (SSSR count). The van der Waals surface area contributed by atoms with E-state index in [4.69, 9.17) is 5.84 Å². The third kappa shape index (κ3) is 2.27. The van der Waals surface area contributed by atoms with Crippen molar-refractivity contribution in [3.05, 3.63) is 18.5 Å². The van der Waals surface area contributed by atoms with E-state index >= 15 is 0 Å². The minimum atomic E-state index is -0.111. The van der Waals surface area contributed by atoms with Crippen LogP contribution in [0.1, 0.15) is 12.8 Å². The van der Waals surface area contributed by atoms with Crippen LogP contribution in [0, 0.1) is 5.92 Å². The van der Waals surface area contributed by atoms with E-state index in [0.29, 0.717) is 12.5 Å². The summed E-state index contributed by atoms with van der Waals surface area (Å²) < 4.78 is 0. The molecule has 0 aromatic carbocycles. The summed E-state index contributed by atoms with van der Waals surface area (Å²) >= 11 is 0.